The standard InChI is InChI=1S/C23H38O2/c1-5-22-21-10-8-17-16-18(25-4)9-11-19(17)20(21)12-14-23(22,2)13-6-7-15-24-3/h8,16,19-22H,5-7,9-15H2,1-4H3. The minimum atomic E-state index is 0.539. The summed E-state index contributed by atoms with van der Waals surface area (Å²) in [6.07, 6.45) is 16.7. The fourth-order valence-electron chi connectivity index (χ4n) is 6.37. The summed E-state index contributed by atoms with van der Waals surface area (Å²) >= 11 is 0. The third kappa shape index (κ3) is 3.84. The Kier molecular flexibility index (Phi) is 6.30. The van der Waals surface area contributed by atoms with Crippen LogP contribution in [0.15, 0.2) is 23.5 Å². The topological polar surface area (TPSA) is 18.5 Å². The molecular formula is C23H38O2. The van der Waals surface area contributed by atoms with Crippen molar-refractivity contribution in [1.82, 2.24) is 0 Å². The Hall–Kier alpha value is -0.760. The van der Waals surface area contributed by atoms with Crippen LogP contribution in [0.4, 0.5) is 0 Å². The zero-order valence-corrected chi connectivity index (χ0v) is 16.9. The SMILES string of the molecule is CCC1C2CC=C3C=C(OC)CCC3C2CCC1(C)CCCCOC. The number of rotatable bonds is 7. The largest absolute Gasteiger partial charge is 0.501 e. The molecule has 0 saturated heterocycles. The zero-order valence-electron chi connectivity index (χ0n) is 16.9. The second-order valence-corrected chi connectivity index (χ2v) is 8.88. The van der Waals surface area contributed by atoms with Gasteiger partial charge in [-0.1, -0.05) is 32.8 Å². The smallest absolute Gasteiger partial charge is 0.0958 e. The third-order valence-corrected chi connectivity index (χ3v) is 7.66. The van der Waals surface area contributed by atoms with E-state index < -0.39 is 0 Å². The summed E-state index contributed by atoms with van der Waals surface area (Å²) in [7, 11) is 3.64. The van der Waals surface area contributed by atoms with Crippen LogP contribution in [0.1, 0.15) is 71.6 Å². The number of hydrogen-bond donors (Lipinski definition) is 0. The summed E-state index contributed by atoms with van der Waals surface area (Å²) in [5.41, 5.74) is 2.12. The average molecular weight is 347 g/mol. The van der Waals surface area contributed by atoms with E-state index in [1.54, 1.807) is 5.57 Å². The molecular weight excluding hydrogens is 308 g/mol. The van der Waals surface area contributed by atoms with Crippen molar-refractivity contribution < 1.29 is 9.47 Å². The molecule has 2 nitrogen and oxygen atoms in total. The number of methoxy groups -OCH3 is 2. The van der Waals surface area contributed by atoms with Crippen LogP contribution in [0.5, 0.6) is 0 Å². The van der Waals surface area contributed by atoms with Gasteiger partial charge in [0.05, 0.1) is 12.9 Å². The van der Waals surface area contributed by atoms with Crippen molar-refractivity contribution in [2.75, 3.05) is 20.8 Å². The van der Waals surface area contributed by atoms with Crippen molar-refractivity contribution in [3.63, 3.8) is 0 Å². The van der Waals surface area contributed by atoms with Crippen LogP contribution in [0, 0.1) is 29.1 Å². The first-order chi connectivity index (χ1) is 12.1. The first kappa shape index (κ1) is 19.0. The minimum Gasteiger partial charge on any atom is -0.501 e. The number of ether oxygens (including phenoxy) is 2. The van der Waals surface area contributed by atoms with Crippen LogP contribution in [-0.2, 0) is 9.47 Å². The van der Waals surface area contributed by atoms with Gasteiger partial charge in [-0.25, -0.2) is 0 Å². The molecule has 5 unspecified atom stereocenters. The first-order valence-electron chi connectivity index (χ1n) is 10.6. The van der Waals surface area contributed by atoms with Gasteiger partial charge in [0, 0.05) is 20.1 Å². The van der Waals surface area contributed by atoms with Crippen molar-refractivity contribution in [2.45, 2.75) is 71.6 Å². The van der Waals surface area contributed by atoms with Crippen molar-refractivity contribution in [2.24, 2.45) is 29.1 Å². The summed E-state index contributed by atoms with van der Waals surface area (Å²) in [5.74, 6) is 4.68. The van der Waals surface area contributed by atoms with Crippen molar-refractivity contribution >= 4 is 0 Å². The highest BCUT2D eigenvalue weighted by molar-refractivity contribution is 5.31. The van der Waals surface area contributed by atoms with Crippen molar-refractivity contribution in [3.05, 3.63) is 23.5 Å². The van der Waals surface area contributed by atoms with E-state index in [0.717, 1.165) is 36.7 Å². The molecule has 2 heteroatoms. The fraction of sp³-hybridized carbons (Fsp3) is 0.826. The van der Waals surface area contributed by atoms with Crippen molar-refractivity contribution in [3.8, 4) is 0 Å². The third-order valence-electron chi connectivity index (χ3n) is 7.66. The van der Waals surface area contributed by atoms with E-state index in [-0.39, 0.29) is 0 Å². The van der Waals surface area contributed by atoms with E-state index in [1.807, 2.05) is 14.2 Å². The average Bonchev–Trinajstić information content (AvgIpc) is 2.64. The monoisotopic (exact) mass is 346 g/mol. The van der Waals surface area contributed by atoms with E-state index in [0.29, 0.717) is 5.41 Å². The van der Waals surface area contributed by atoms with E-state index >= 15 is 0 Å². The Balaban J connectivity index is 1.72. The maximum atomic E-state index is 5.53. The molecule has 0 heterocycles. The highest BCUT2D eigenvalue weighted by Crippen LogP contribution is 2.57. The van der Waals surface area contributed by atoms with Gasteiger partial charge in [-0.3, -0.25) is 0 Å². The molecule has 0 bridgehead atoms. The molecule has 1 fully saturated rings. The molecule has 0 aliphatic heterocycles. The van der Waals surface area contributed by atoms with E-state index in [9.17, 15) is 0 Å². The molecule has 0 aromatic heterocycles. The van der Waals surface area contributed by atoms with Crippen LogP contribution in [0.2, 0.25) is 0 Å². The van der Waals surface area contributed by atoms with Crippen LogP contribution >= 0.6 is 0 Å². The lowest BCUT2D eigenvalue weighted by molar-refractivity contribution is -0.0183. The van der Waals surface area contributed by atoms with Crippen LogP contribution in [0.25, 0.3) is 0 Å². The quantitative estimate of drug-likeness (QED) is 0.516. The van der Waals surface area contributed by atoms with Gasteiger partial charge in [0.1, 0.15) is 0 Å². The predicted molar refractivity (Wildman–Crippen MR) is 104 cm³/mol. The molecule has 0 N–H and O–H groups in total. The molecule has 0 aromatic rings. The Bertz CT molecular complexity index is 506. The van der Waals surface area contributed by atoms with Gasteiger partial charge >= 0.3 is 0 Å². The highest BCUT2D eigenvalue weighted by Gasteiger charge is 2.48. The van der Waals surface area contributed by atoms with Gasteiger partial charge in [0.2, 0.25) is 0 Å². The summed E-state index contributed by atoms with van der Waals surface area (Å²) in [4.78, 5) is 0. The molecule has 0 radical (unpaired) electrons. The van der Waals surface area contributed by atoms with Gasteiger partial charge in [0.25, 0.3) is 0 Å². The lowest BCUT2D eigenvalue weighted by atomic mass is 9.51. The summed E-state index contributed by atoms with van der Waals surface area (Å²) in [5, 5.41) is 0. The van der Waals surface area contributed by atoms with Crippen LogP contribution in [0.3, 0.4) is 0 Å². The molecule has 0 aromatic carbocycles. The van der Waals surface area contributed by atoms with Crippen LogP contribution in [-0.4, -0.2) is 20.8 Å². The summed E-state index contributed by atoms with van der Waals surface area (Å²) in [6.45, 7) is 5.94. The molecule has 5 atom stereocenters. The molecule has 25 heavy (non-hydrogen) atoms. The molecule has 142 valence electrons. The maximum absolute atomic E-state index is 5.53. The molecule has 3 aliphatic rings. The highest BCUT2D eigenvalue weighted by atomic mass is 16.5. The minimum absolute atomic E-state index is 0.539. The molecule has 1 saturated carbocycles. The molecule has 0 spiro atoms. The fourth-order valence-corrected chi connectivity index (χ4v) is 6.37. The van der Waals surface area contributed by atoms with Gasteiger partial charge in [0.15, 0.2) is 0 Å². The normalized spacial score (nSPS) is 37.6. The lowest BCUT2D eigenvalue weighted by Gasteiger charge is -2.54. The Morgan fingerprint density at radius 2 is 2.00 bits per heavy atom. The molecule has 3 rings (SSSR count). The summed E-state index contributed by atoms with van der Waals surface area (Å²) < 4.78 is 10.8. The number of unbranched alkanes of at least 4 members (excludes halogenated alkanes) is 1. The Labute approximate surface area is 155 Å². The molecule has 0 amide bonds. The maximum Gasteiger partial charge on any atom is 0.0958 e. The van der Waals surface area contributed by atoms with Crippen molar-refractivity contribution in [1.29, 1.82) is 0 Å². The van der Waals surface area contributed by atoms with E-state index in [1.165, 1.54) is 57.1 Å². The van der Waals surface area contributed by atoms with E-state index in [2.05, 4.69) is 26.0 Å². The number of hydrogen-bond acceptors (Lipinski definition) is 2. The summed E-state index contributed by atoms with van der Waals surface area (Å²) in [6, 6.07) is 0. The van der Waals surface area contributed by atoms with Gasteiger partial charge in [-0.15, -0.1) is 0 Å². The predicted octanol–water partition coefficient (Wildman–Crippen LogP) is 6.13. The Morgan fingerprint density at radius 3 is 2.72 bits per heavy atom. The first-order valence-corrected chi connectivity index (χ1v) is 10.6. The van der Waals surface area contributed by atoms with E-state index in [4.69, 9.17) is 9.47 Å². The van der Waals surface area contributed by atoms with Gasteiger partial charge < -0.3 is 9.47 Å². The Morgan fingerprint density at radius 1 is 1.16 bits per heavy atom. The number of fused-ring (bicyclic) bond motifs is 3. The number of allylic oxidation sites excluding steroid dienone is 4. The second kappa shape index (κ2) is 8.29. The zero-order chi connectivity index (χ0) is 17.9. The molecule has 3 aliphatic carbocycles. The van der Waals surface area contributed by atoms with Crippen LogP contribution < -0.4 is 0 Å². The van der Waals surface area contributed by atoms with Gasteiger partial charge in [-0.2, -0.15) is 0 Å². The van der Waals surface area contributed by atoms with Gasteiger partial charge in [-0.05, 0) is 79.3 Å². The second-order valence-electron chi connectivity index (χ2n) is 8.88. The lowest BCUT2D eigenvalue weighted by Crippen LogP contribution is -2.45.